The van der Waals surface area contributed by atoms with Gasteiger partial charge in [-0.25, -0.2) is 0 Å². The molecule has 0 spiro atoms. The molecular weight excluding hydrogens is 337 g/mol. The Labute approximate surface area is 124 Å². The van der Waals surface area contributed by atoms with Crippen LogP contribution in [0.25, 0.3) is 0 Å². The highest BCUT2D eigenvalue weighted by Gasteiger charge is 2.39. The molecule has 2 heterocycles. The van der Waals surface area contributed by atoms with Gasteiger partial charge in [-0.15, -0.1) is 10.2 Å². The van der Waals surface area contributed by atoms with E-state index in [9.17, 15) is 13.2 Å². The summed E-state index contributed by atoms with van der Waals surface area (Å²) in [6.07, 6.45) is -4.43. The van der Waals surface area contributed by atoms with Crippen molar-refractivity contribution in [1.29, 1.82) is 0 Å². The van der Waals surface area contributed by atoms with Gasteiger partial charge in [-0.3, -0.25) is 4.90 Å². The molecule has 8 heteroatoms. The fraction of sp³-hybridized carbons (Fsp3) is 0.833. The summed E-state index contributed by atoms with van der Waals surface area (Å²) in [5.74, 6) is 0.528. The monoisotopic (exact) mass is 354 g/mol. The fourth-order valence-corrected chi connectivity index (χ4v) is 3.30. The molecule has 114 valence electrons. The first kappa shape index (κ1) is 15.8. The maximum Gasteiger partial charge on any atom is 0.451 e. The Bertz CT molecular complexity index is 458. The number of fused-ring (bicyclic) bond motifs is 1. The fourth-order valence-electron chi connectivity index (χ4n) is 2.34. The third-order valence-electron chi connectivity index (χ3n) is 3.72. The first-order valence-corrected chi connectivity index (χ1v) is 7.72. The molecule has 4 nitrogen and oxygen atoms in total. The summed E-state index contributed by atoms with van der Waals surface area (Å²) in [6.45, 7) is 6.49. The molecule has 1 aliphatic heterocycles. The molecule has 0 saturated carbocycles. The van der Waals surface area contributed by atoms with Crippen LogP contribution >= 0.6 is 15.9 Å². The van der Waals surface area contributed by atoms with E-state index in [-0.39, 0.29) is 0 Å². The van der Waals surface area contributed by atoms with E-state index in [1.165, 1.54) is 4.57 Å². The van der Waals surface area contributed by atoms with Crippen molar-refractivity contribution in [3.05, 3.63) is 11.6 Å². The number of alkyl halides is 4. The van der Waals surface area contributed by atoms with E-state index in [1.54, 1.807) is 0 Å². The lowest BCUT2D eigenvalue weighted by atomic mass is 9.97. The van der Waals surface area contributed by atoms with Crippen LogP contribution in [0.5, 0.6) is 0 Å². The van der Waals surface area contributed by atoms with Crippen LogP contribution < -0.4 is 0 Å². The van der Waals surface area contributed by atoms with Crippen LogP contribution in [-0.4, -0.2) is 38.1 Å². The molecule has 0 radical (unpaired) electrons. The summed E-state index contributed by atoms with van der Waals surface area (Å²) in [6, 6.07) is 0. The Morgan fingerprint density at radius 3 is 2.50 bits per heavy atom. The summed E-state index contributed by atoms with van der Waals surface area (Å²) < 4.78 is 39.4. The second-order valence-corrected chi connectivity index (χ2v) is 6.13. The van der Waals surface area contributed by atoms with Crippen molar-refractivity contribution in [1.82, 2.24) is 19.7 Å². The van der Waals surface area contributed by atoms with Crippen molar-refractivity contribution in [2.24, 2.45) is 11.8 Å². The van der Waals surface area contributed by atoms with Gasteiger partial charge in [-0.2, -0.15) is 13.2 Å². The molecular formula is C12H18BrF3N4. The second kappa shape index (κ2) is 6.01. The first-order valence-electron chi connectivity index (χ1n) is 6.60. The topological polar surface area (TPSA) is 34.0 Å². The van der Waals surface area contributed by atoms with Gasteiger partial charge in [-0.05, 0) is 11.8 Å². The van der Waals surface area contributed by atoms with Gasteiger partial charge in [0, 0.05) is 25.0 Å². The summed E-state index contributed by atoms with van der Waals surface area (Å²) in [5.41, 5.74) is 0. The molecule has 1 atom stereocenters. The average Bonchev–Trinajstić information content (AvgIpc) is 2.78. The normalized spacial score (nSPS) is 18.4. The van der Waals surface area contributed by atoms with E-state index >= 15 is 0 Å². The van der Waals surface area contributed by atoms with Gasteiger partial charge in [0.25, 0.3) is 0 Å². The van der Waals surface area contributed by atoms with E-state index in [2.05, 4.69) is 44.9 Å². The minimum atomic E-state index is -4.43. The molecule has 1 aromatic heterocycles. The van der Waals surface area contributed by atoms with Crippen molar-refractivity contribution < 1.29 is 13.2 Å². The quantitative estimate of drug-likeness (QED) is 0.779. The predicted octanol–water partition coefficient (Wildman–Crippen LogP) is 2.78. The van der Waals surface area contributed by atoms with Gasteiger partial charge < -0.3 is 4.57 Å². The molecule has 2 rings (SSSR count). The molecule has 0 N–H and O–H groups in total. The average molecular weight is 355 g/mol. The standard InChI is InChI=1S/C12H18BrF3N4/c1-8(2)9(5-13)6-19-3-4-20-10(7-19)17-18-11(20)12(14,15)16/h8-9H,3-7H2,1-2H3. The summed E-state index contributed by atoms with van der Waals surface area (Å²) in [7, 11) is 0. The smallest absolute Gasteiger partial charge is 0.305 e. The van der Waals surface area contributed by atoms with Gasteiger partial charge in [0.05, 0.1) is 6.54 Å². The van der Waals surface area contributed by atoms with Crippen molar-refractivity contribution in [3.63, 3.8) is 0 Å². The molecule has 20 heavy (non-hydrogen) atoms. The summed E-state index contributed by atoms with van der Waals surface area (Å²) in [5, 5.41) is 7.87. The lowest BCUT2D eigenvalue weighted by Crippen LogP contribution is -2.39. The summed E-state index contributed by atoms with van der Waals surface area (Å²) >= 11 is 3.50. The highest BCUT2D eigenvalue weighted by atomic mass is 79.9. The highest BCUT2D eigenvalue weighted by molar-refractivity contribution is 9.09. The molecule has 1 unspecified atom stereocenters. The zero-order valence-corrected chi connectivity index (χ0v) is 13.1. The zero-order valence-electron chi connectivity index (χ0n) is 11.5. The van der Waals surface area contributed by atoms with E-state index in [0.717, 1.165) is 11.9 Å². The predicted molar refractivity (Wildman–Crippen MR) is 72.4 cm³/mol. The minimum absolute atomic E-state index is 0.296. The third-order valence-corrected chi connectivity index (χ3v) is 4.55. The van der Waals surface area contributed by atoms with Crippen LogP contribution in [0.1, 0.15) is 25.5 Å². The van der Waals surface area contributed by atoms with Gasteiger partial charge in [0.15, 0.2) is 0 Å². The number of halogens is 4. The molecule has 0 bridgehead atoms. The molecule has 1 aliphatic rings. The van der Waals surface area contributed by atoms with Crippen LogP contribution in [0.2, 0.25) is 0 Å². The Morgan fingerprint density at radius 1 is 1.25 bits per heavy atom. The van der Waals surface area contributed by atoms with Crippen molar-refractivity contribution in [3.8, 4) is 0 Å². The zero-order chi connectivity index (χ0) is 14.9. The Hall–Kier alpha value is -0.630. The largest absolute Gasteiger partial charge is 0.451 e. The molecule has 0 amide bonds. The van der Waals surface area contributed by atoms with Crippen LogP contribution in [0.3, 0.4) is 0 Å². The lowest BCUT2D eigenvalue weighted by molar-refractivity contribution is -0.148. The number of aromatic nitrogens is 3. The second-order valence-electron chi connectivity index (χ2n) is 5.48. The molecule has 0 aliphatic carbocycles. The van der Waals surface area contributed by atoms with Gasteiger partial charge in [0.1, 0.15) is 5.82 Å². The molecule has 0 saturated heterocycles. The lowest BCUT2D eigenvalue weighted by Gasteiger charge is -2.31. The number of rotatable bonds is 4. The molecule has 0 aromatic carbocycles. The first-order chi connectivity index (χ1) is 9.32. The molecule has 0 fully saturated rings. The minimum Gasteiger partial charge on any atom is -0.305 e. The van der Waals surface area contributed by atoms with E-state index < -0.39 is 12.0 Å². The number of hydrogen-bond acceptors (Lipinski definition) is 3. The van der Waals surface area contributed by atoms with E-state index in [0.29, 0.717) is 37.3 Å². The van der Waals surface area contributed by atoms with Gasteiger partial charge in [-0.1, -0.05) is 29.8 Å². The SMILES string of the molecule is CC(C)C(CBr)CN1CCn2c(nnc2C(F)(F)F)C1. The Kier molecular flexibility index (Phi) is 4.73. The molecule has 1 aromatic rings. The maximum atomic E-state index is 12.7. The van der Waals surface area contributed by atoms with E-state index in [4.69, 9.17) is 0 Å². The van der Waals surface area contributed by atoms with Crippen LogP contribution in [-0.2, 0) is 19.3 Å². The van der Waals surface area contributed by atoms with Crippen LogP contribution in [0.15, 0.2) is 0 Å². The highest BCUT2D eigenvalue weighted by Crippen LogP contribution is 2.29. The Balaban J connectivity index is 2.07. The Morgan fingerprint density at radius 2 is 1.95 bits per heavy atom. The van der Waals surface area contributed by atoms with E-state index in [1.807, 2.05) is 0 Å². The van der Waals surface area contributed by atoms with Crippen molar-refractivity contribution >= 4 is 15.9 Å². The number of hydrogen-bond donors (Lipinski definition) is 0. The van der Waals surface area contributed by atoms with Crippen LogP contribution in [0, 0.1) is 11.8 Å². The van der Waals surface area contributed by atoms with Crippen LogP contribution in [0.4, 0.5) is 13.2 Å². The maximum absolute atomic E-state index is 12.7. The van der Waals surface area contributed by atoms with Gasteiger partial charge >= 0.3 is 6.18 Å². The van der Waals surface area contributed by atoms with Crippen molar-refractivity contribution in [2.75, 3.05) is 18.4 Å². The van der Waals surface area contributed by atoms with Gasteiger partial charge in [0.2, 0.25) is 5.82 Å². The summed E-state index contributed by atoms with van der Waals surface area (Å²) in [4.78, 5) is 2.15. The van der Waals surface area contributed by atoms with Crippen molar-refractivity contribution in [2.45, 2.75) is 33.1 Å². The third kappa shape index (κ3) is 3.33. The number of nitrogens with zero attached hydrogens (tertiary/aromatic N) is 4.